The average Bonchev–Trinajstić information content (AvgIpc) is 2.47. The zero-order valence-electron chi connectivity index (χ0n) is 11.5. The third-order valence-electron chi connectivity index (χ3n) is 3.74. The molecule has 19 heavy (non-hydrogen) atoms. The van der Waals surface area contributed by atoms with E-state index in [0.717, 1.165) is 37.2 Å². The van der Waals surface area contributed by atoms with E-state index >= 15 is 0 Å². The summed E-state index contributed by atoms with van der Waals surface area (Å²) in [4.78, 5) is 14.3. The number of hydrogen-bond donors (Lipinski definition) is 1. The van der Waals surface area contributed by atoms with Gasteiger partial charge in [0, 0.05) is 18.7 Å². The Balaban J connectivity index is 2.00. The summed E-state index contributed by atoms with van der Waals surface area (Å²) in [6, 6.07) is 7.69. The summed E-state index contributed by atoms with van der Waals surface area (Å²) in [7, 11) is 1.63. The van der Waals surface area contributed by atoms with E-state index in [2.05, 4.69) is 0 Å². The lowest BCUT2D eigenvalue weighted by atomic mass is 9.97. The van der Waals surface area contributed by atoms with Gasteiger partial charge in [0.25, 0.3) is 0 Å². The summed E-state index contributed by atoms with van der Waals surface area (Å²) >= 11 is 0. The van der Waals surface area contributed by atoms with Gasteiger partial charge in [-0.25, -0.2) is 0 Å². The van der Waals surface area contributed by atoms with Crippen LogP contribution >= 0.6 is 0 Å². The highest BCUT2D eigenvalue weighted by Crippen LogP contribution is 2.21. The van der Waals surface area contributed by atoms with Crippen LogP contribution in [0.1, 0.15) is 18.4 Å². The van der Waals surface area contributed by atoms with Crippen molar-refractivity contribution in [3.05, 3.63) is 29.8 Å². The first kappa shape index (κ1) is 13.9. The highest BCUT2D eigenvalue weighted by Gasteiger charge is 2.23. The number of para-hydroxylation sites is 1. The quantitative estimate of drug-likeness (QED) is 0.893. The van der Waals surface area contributed by atoms with E-state index < -0.39 is 0 Å². The molecule has 1 aromatic carbocycles. The third-order valence-corrected chi connectivity index (χ3v) is 3.74. The van der Waals surface area contributed by atoms with Gasteiger partial charge in [-0.15, -0.1) is 0 Å². The van der Waals surface area contributed by atoms with Crippen molar-refractivity contribution < 1.29 is 9.53 Å². The largest absolute Gasteiger partial charge is 0.496 e. The summed E-state index contributed by atoms with van der Waals surface area (Å²) in [5.41, 5.74) is 6.65. The lowest BCUT2D eigenvalue weighted by Gasteiger charge is -2.32. The molecule has 0 aliphatic carbocycles. The van der Waals surface area contributed by atoms with Crippen LogP contribution in [0.4, 0.5) is 0 Å². The van der Waals surface area contributed by atoms with Crippen LogP contribution in [0.25, 0.3) is 0 Å². The maximum absolute atomic E-state index is 12.3. The van der Waals surface area contributed by atoms with Crippen molar-refractivity contribution >= 4 is 5.91 Å². The van der Waals surface area contributed by atoms with Gasteiger partial charge in [-0.2, -0.15) is 0 Å². The number of carbonyl (C=O) groups excluding carboxylic acids is 1. The van der Waals surface area contributed by atoms with Crippen molar-refractivity contribution in [1.82, 2.24) is 4.90 Å². The number of methoxy groups -OCH3 is 1. The molecule has 1 fully saturated rings. The zero-order chi connectivity index (χ0) is 13.7. The molecule has 1 amide bonds. The van der Waals surface area contributed by atoms with Crippen molar-refractivity contribution in [3.8, 4) is 5.75 Å². The molecule has 4 nitrogen and oxygen atoms in total. The molecule has 0 bridgehead atoms. The van der Waals surface area contributed by atoms with Crippen LogP contribution in [-0.2, 0) is 11.2 Å². The smallest absolute Gasteiger partial charge is 0.227 e. The van der Waals surface area contributed by atoms with Gasteiger partial charge >= 0.3 is 0 Å². The summed E-state index contributed by atoms with van der Waals surface area (Å²) < 4.78 is 5.29. The number of piperidine rings is 1. The van der Waals surface area contributed by atoms with Crippen LogP contribution in [0.2, 0.25) is 0 Å². The van der Waals surface area contributed by atoms with E-state index in [1.807, 2.05) is 29.2 Å². The van der Waals surface area contributed by atoms with E-state index in [-0.39, 0.29) is 5.91 Å². The zero-order valence-corrected chi connectivity index (χ0v) is 11.5. The molecule has 0 spiro atoms. The third kappa shape index (κ3) is 3.47. The summed E-state index contributed by atoms with van der Waals surface area (Å²) in [5.74, 6) is 1.40. The summed E-state index contributed by atoms with van der Waals surface area (Å²) in [6.45, 7) is 2.31. The van der Waals surface area contributed by atoms with E-state index in [1.165, 1.54) is 0 Å². The van der Waals surface area contributed by atoms with Crippen molar-refractivity contribution in [2.45, 2.75) is 19.3 Å². The fourth-order valence-corrected chi connectivity index (χ4v) is 2.61. The van der Waals surface area contributed by atoms with E-state index in [4.69, 9.17) is 10.5 Å². The summed E-state index contributed by atoms with van der Waals surface area (Å²) in [6.07, 6.45) is 2.59. The van der Waals surface area contributed by atoms with Gasteiger partial charge in [0.15, 0.2) is 0 Å². The molecule has 1 aliphatic rings. The number of likely N-dealkylation sites (tertiary alicyclic amines) is 1. The molecule has 1 atom stereocenters. The molecule has 1 unspecified atom stereocenters. The molecule has 104 valence electrons. The Morgan fingerprint density at radius 1 is 1.47 bits per heavy atom. The Morgan fingerprint density at radius 2 is 2.26 bits per heavy atom. The molecule has 0 saturated carbocycles. The number of carbonyl (C=O) groups is 1. The standard InChI is InChI=1S/C15H22N2O2/c1-19-14-7-3-2-6-13(14)9-15(18)17-8-4-5-12(10-16)11-17/h2-3,6-7,12H,4-5,8-11,16H2,1H3. The van der Waals surface area contributed by atoms with Crippen LogP contribution in [0.15, 0.2) is 24.3 Å². The predicted molar refractivity (Wildman–Crippen MR) is 75.1 cm³/mol. The van der Waals surface area contributed by atoms with Gasteiger partial charge in [-0.3, -0.25) is 4.79 Å². The number of nitrogens with zero attached hydrogens (tertiary/aromatic N) is 1. The second-order valence-electron chi connectivity index (χ2n) is 5.07. The van der Waals surface area contributed by atoms with Crippen molar-refractivity contribution in [3.63, 3.8) is 0 Å². The number of amides is 1. The molecule has 1 heterocycles. The van der Waals surface area contributed by atoms with Crippen LogP contribution in [-0.4, -0.2) is 37.6 Å². The second kappa shape index (κ2) is 6.57. The van der Waals surface area contributed by atoms with Crippen molar-refractivity contribution in [2.24, 2.45) is 11.7 Å². The minimum atomic E-state index is 0.169. The molecule has 1 aromatic rings. The van der Waals surface area contributed by atoms with Gasteiger partial charge < -0.3 is 15.4 Å². The minimum Gasteiger partial charge on any atom is -0.496 e. The molecular weight excluding hydrogens is 240 g/mol. The number of rotatable bonds is 4. The topological polar surface area (TPSA) is 55.6 Å². The van der Waals surface area contributed by atoms with E-state index in [9.17, 15) is 4.79 Å². The lowest BCUT2D eigenvalue weighted by Crippen LogP contribution is -2.42. The lowest BCUT2D eigenvalue weighted by molar-refractivity contribution is -0.132. The molecule has 0 aromatic heterocycles. The Hall–Kier alpha value is -1.55. The highest BCUT2D eigenvalue weighted by molar-refractivity contribution is 5.79. The SMILES string of the molecule is COc1ccccc1CC(=O)N1CCCC(CN)C1. The molecule has 0 radical (unpaired) electrons. The maximum atomic E-state index is 12.3. The summed E-state index contributed by atoms with van der Waals surface area (Å²) in [5, 5.41) is 0. The molecular formula is C15H22N2O2. The van der Waals surface area contributed by atoms with Crippen molar-refractivity contribution in [1.29, 1.82) is 0 Å². The first-order valence-electron chi connectivity index (χ1n) is 6.84. The first-order valence-corrected chi connectivity index (χ1v) is 6.84. The Labute approximate surface area is 114 Å². The molecule has 2 N–H and O–H groups in total. The number of benzene rings is 1. The fraction of sp³-hybridized carbons (Fsp3) is 0.533. The first-order chi connectivity index (χ1) is 9.24. The number of ether oxygens (including phenoxy) is 1. The monoisotopic (exact) mass is 262 g/mol. The number of nitrogens with two attached hydrogens (primary N) is 1. The van der Waals surface area contributed by atoms with Crippen molar-refractivity contribution in [2.75, 3.05) is 26.7 Å². The number of hydrogen-bond acceptors (Lipinski definition) is 3. The van der Waals surface area contributed by atoms with Gasteiger partial charge in [0.2, 0.25) is 5.91 Å². The molecule has 2 rings (SSSR count). The second-order valence-corrected chi connectivity index (χ2v) is 5.07. The minimum absolute atomic E-state index is 0.169. The Kier molecular flexibility index (Phi) is 4.80. The van der Waals surface area contributed by atoms with Gasteiger partial charge in [-0.05, 0) is 31.4 Å². The maximum Gasteiger partial charge on any atom is 0.227 e. The van der Waals surface area contributed by atoms with Crippen LogP contribution in [0.5, 0.6) is 5.75 Å². The van der Waals surface area contributed by atoms with Gasteiger partial charge in [0.05, 0.1) is 13.5 Å². The normalized spacial score (nSPS) is 19.3. The van der Waals surface area contributed by atoms with Crippen LogP contribution < -0.4 is 10.5 Å². The molecule has 1 saturated heterocycles. The van der Waals surface area contributed by atoms with Gasteiger partial charge in [0.1, 0.15) is 5.75 Å². The van der Waals surface area contributed by atoms with E-state index in [0.29, 0.717) is 18.9 Å². The van der Waals surface area contributed by atoms with Gasteiger partial charge in [-0.1, -0.05) is 18.2 Å². The fourth-order valence-electron chi connectivity index (χ4n) is 2.61. The van der Waals surface area contributed by atoms with E-state index in [1.54, 1.807) is 7.11 Å². The highest BCUT2D eigenvalue weighted by atomic mass is 16.5. The van der Waals surface area contributed by atoms with Crippen LogP contribution in [0, 0.1) is 5.92 Å². The predicted octanol–water partition coefficient (Wildman–Crippen LogP) is 1.44. The Morgan fingerprint density at radius 3 is 3.00 bits per heavy atom. The Bertz CT molecular complexity index is 434. The molecule has 4 heteroatoms. The average molecular weight is 262 g/mol. The van der Waals surface area contributed by atoms with Crippen LogP contribution in [0.3, 0.4) is 0 Å². The molecule has 1 aliphatic heterocycles.